The highest BCUT2D eigenvalue weighted by molar-refractivity contribution is 4.81. The van der Waals surface area contributed by atoms with Crippen molar-refractivity contribution in [1.82, 2.24) is 10.2 Å². The van der Waals surface area contributed by atoms with Gasteiger partial charge in [0.25, 0.3) is 0 Å². The summed E-state index contributed by atoms with van der Waals surface area (Å²) in [5.41, 5.74) is 0. The van der Waals surface area contributed by atoms with Gasteiger partial charge in [-0.1, -0.05) is 0 Å². The lowest BCUT2D eigenvalue weighted by atomic mass is 9.96. The highest BCUT2D eigenvalue weighted by Crippen LogP contribution is 2.19. The topological polar surface area (TPSA) is 24.5 Å². The molecule has 0 aromatic rings. The smallest absolute Gasteiger partial charge is 0.0502 e. The Kier molecular flexibility index (Phi) is 5.58. The van der Waals surface area contributed by atoms with Gasteiger partial charge in [-0.3, -0.25) is 4.90 Å². The van der Waals surface area contributed by atoms with Crippen LogP contribution < -0.4 is 5.32 Å². The fourth-order valence-corrected chi connectivity index (χ4v) is 2.40. The Balaban J connectivity index is 2.41. The van der Waals surface area contributed by atoms with Gasteiger partial charge in [-0.2, -0.15) is 0 Å². The number of likely N-dealkylation sites (tertiary alicyclic amines) is 1. The average Bonchev–Trinajstić information content (AvgIpc) is 2.28. The average molecular weight is 214 g/mol. The van der Waals surface area contributed by atoms with Crippen LogP contribution in [0, 0.1) is 5.92 Å². The zero-order valence-corrected chi connectivity index (χ0v) is 10.6. The van der Waals surface area contributed by atoms with Crippen LogP contribution in [0.25, 0.3) is 0 Å². The molecular formula is C12H26N2O. The minimum atomic E-state index is 0.561. The molecule has 0 bridgehead atoms. The summed E-state index contributed by atoms with van der Waals surface area (Å²) in [6, 6.07) is 1.18. The number of hydrogen-bond donors (Lipinski definition) is 1. The molecule has 1 fully saturated rings. The van der Waals surface area contributed by atoms with Crippen LogP contribution >= 0.6 is 0 Å². The fourth-order valence-electron chi connectivity index (χ4n) is 2.40. The molecule has 3 nitrogen and oxygen atoms in total. The first kappa shape index (κ1) is 12.9. The van der Waals surface area contributed by atoms with Crippen LogP contribution in [0.2, 0.25) is 0 Å². The number of methoxy groups -OCH3 is 1. The van der Waals surface area contributed by atoms with Gasteiger partial charge in [-0.15, -0.1) is 0 Å². The van der Waals surface area contributed by atoms with E-state index in [1.165, 1.54) is 25.9 Å². The largest absolute Gasteiger partial charge is 0.384 e. The first-order chi connectivity index (χ1) is 7.19. The van der Waals surface area contributed by atoms with E-state index in [1.54, 1.807) is 7.11 Å². The summed E-state index contributed by atoms with van der Waals surface area (Å²) >= 11 is 0. The molecular weight excluding hydrogens is 188 g/mol. The molecule has 0 saturated carbocycles. The molecule has 3 heteroatoms. The second-order valence-corrected chi connectivity index (χ2v) is 4.78. The summed E-state index contributed by atoms with van der Waals surface area (Å²) < 4.78 is 5.25. The molecule has 0 aromatic heterocycles. The Bertz CT molecular complexity index is 173. The van der Waals surface area contributed by atoms with Crippen molar-refractivity contribution >= 4 is 0 Å². The Hall–Kier alpha value is -0.120. The Morgan fingerprint density at radius 2 is 2.20 bits per heavy atom. The molecule has 90 valence electrons. The zero-order chi connectivity index (χ0) is 11.3. The third-order valence-corrected chi connectivity index (χ3v) is 3.71. The van der Waals surface area contributed by atoms with Gasteiger partial charge >= 0.3 is 0 Å². The third kappa shape index (κ3) is 3.74. The van der Waals surface area contributed by atoms with Gasteiger partial charge in [0, 0.05) is 25.7 Å². The molecule has 1 rings (SSSR count). The Labute approximate surface area is 94.2 Å². The summed E-state index contributed by atoms with van der Waals surface area (Å²) in [5, 5.41) is 3.34. The molecule has 1 saturated heterocycles. The van der Waals surface area contributed by atoms with Crippen LogP contribution in [0.1, 0.15) is 26.7 Å². The molecule has 3 unspecified atom stereocenters. The summed E-state index contributed by atoms with van der Waals surface area (Å²) in [6.07, 6.45) is 2.64. The van der Waals surface area contributed by atoms with Gasteiger partial charge in [0.1, 0.15) is 0 Å². The second kappa shape index (κ2) is 6.46. The van der Waals surface area contributed by atoms with Gasteiger partial charge in [-0.25, -0.2) is 0 Å². The Morgan fingerprint density at radius 1 is 1.47 bits per heavy atom. The third-order valence-electron chi connectivity index (χ3n) is 3.71. The lowest BCUT2D eigenvalue weighted by molar-refractivity contribution is 0.0643. The molecule has 3 atom stereocenters. The number of ether oxygens (including phenoxy) is 1. The molecule has 0 aliphatic carbocycles. The van der Waals surface area contributed by atoms with E-state index in [0.29, 0.717) is 12.1 Å². The van der Waals surface area contributed by atoms with E-state index < -0.39 is 0 Å². The van der Waals surface area contributed by atoms with E-state index in [9.17, 15) is 0 Å². The minimum absolute atomic E-state index is 0.561. The van der Waals surface area contributed by atoms with Crippen molar-refractivity contribution in [2.45, 2.75) is 38.8 Å². The quantitative estimate of drug-likeness (QED) is 0.747. The lowest BCUT2D eigenvalue weighted by Gasteiger charge is -2.39. The van der Waals surface area contributed by atoms with Gasteiger partial charge in [0.2, 0.25) is 0 Å². The molecule has 0 spiro atoms. The van der Waals surface area contributed by atoms with Crippen LogP contribution in [0.15, 0.2) is 0 Å². The van der Waals surface area contributed by atoms with E-state index in [4.69, 9.17) is 4.74 Å². The van der Waals surface area contributed by atoms with E-state index in [0.717, 1.165) is 12.5 Å². The monoisotopic (exact) mass is 214 g/mol. The van der Waals surface area contributed by atoms with Crippen LogP contribution in [-0.4, -0.2) is 50.8 Å². The first-order valence-electron chi connectivity index (χ1n) is 6.09. The van der Waals surface area contributed by atoms with Crippen molar-refractivity contribution in [1.29, 1.82) is 0 Å². The van der Waals surface area contributed by atoms with Crippen molar-refractivity contribution in [3.63, 3.8) is 0 Å². The molecule has 0 aromatic carbocycles. The molecule has 0 amide bonds. The van der Waals surface area contributed by atoms with Gasteiger partial charge < -0.3 is 10.1 Å². The highest BCUT2D eigenvalue weighted by Gasteiger charge is 2.25. The SMILES string of the molecule is CNC(C)C(C)N1CCCC(COC)C1. The standard InChI is InChI=1S/C12H26N2O/c1-10(13-3)11(2)14-7-5-6-12(8-14)9-15-4/h10-13H,5-9H2,1-4H3. The summed E-state index contributed by atoms with van der Waals surface area (Å²) in [6.45, 7) is 7.92. The summed E-state index contributed by atoms with van der Waals surface area (Å²) in [7, 11) is 3.84. The van der Waals surface area contributed by atoms with Crippen molar-refractivity contribution < 1.29 is 4.74 Å². The number of nitrogens with one attached hydrogen (secondary N) is 1. The van der Waals surface area contributed by atoms with Crippen LogP contribution in [0.4, 0.5) is 0 Å². The normalized spacial score (nSPS) is 27.6. The van der Waals surface area contributed by atoms with Crippen LogP contribution in [-0.2, 0) is 4.74 Å². The van der Waals surface area contributed by atoms with Crippen molar-refractivity contribution in [2.24, 2.45) is 5.92 Å². The van der Waals surface area contributed by atoms with Crippen molar-refractivity contribution in [3.8, 4) is 0 Å². The molecule has 1 aliphatic rings. The van der Waals surface area contributed by atoms with Crippen LogP contribution in [0.5, 0.6) is 0 Å². The number of likely N-dealkylation sites (N-methyl/N-ethyl adjacent to an activating group) is 1. The number of piperidine rings is 1. The second-order valence-electron chi connectivity index (χ2n) is 4.78. The van der Waals surface area contributed by atoms with E-state index >= 15 is 0 Å². The van der Waals surface area contributed by atoms with Crippen LogP contribution in [0.3, 0.4) is 0 Å². The number of rotatable bonds is 5. The van der Waals surface area contributed by atoms with Gasteiger partial charge in [-0.05, 0) is 46.2 Å². The summed E-state index contributed by atoms with van der Waals surface area (Å²) in [4.78, 5) is 2.59. The molecule has 1 aliphatic heterocycles. The molecule has 1 N–H and O–H groups in total. The maximum absolute atomic E-state index is 5.25. The number of hydrogen-bond acceptors (Lipinski definition) is 3. The summed E-state index contributed by atoms with van der Waals surface area (Å²) in [5.74, 6) is 0.732. The maximum Gasteiger partial charge on any atom is 0.0502 e. The molecule has 1 heterocycles. The van der Waals surface area contributed by atoms with Crippen molar-refractivity contribution in [2.75, 3.05) is 33.9 Å². The lowest BCUT2D eigenvalue weighted by Crippen LogP contribution is -2.50. The Morgan fingerprint density at radius 3 is 2.80 bits per heavy atom. The predicted octanol–water partition coefficient (Wildman–Crippen LogP) is 1.34. The van der Waals surface area contributed by atoms with Gasteiger partial charge in [0.05, 0.1) is 6.61 Å². The van der Waals surface area contributed by atoms with E-state index in [1.807, 2.05) is 7.05 Å². The maximum atomic E-state index is 5.25. The van der Waals surface area contributed by atoms with Gasteiger partial charge in [0.15, 0.2) is 0 Å². The molecule has 0 radical (unpaired) electrons. The molecule has 15 heavy (non-hydrogen) atoms. The van der Waals surface area contributed by atoms with E-state index in [2.05, 4.69) is 24.1 Å². The predicted molar refractivity (Wildman–Crippen MR) is 64.2 cm³/mol. The van der Waals surface area contributed by atoms with E-state index in [-0.39, 0.29) is 0 Å². The van der Waals surface area contributed by atoms with Crippen molar-refractivity contribution in [3.05, 3.63) is 0 Å². The zero-order valence-electron chi connectivity index (χ0n) is 10.6. The fraction of sp³-hybridized carbons (Fsp3) is 1.00. The highest BCUT2D eigenvalue weighted by atomic mass is 16.5. The number of nitrogens with zero attached hydrogens (tertiary/aromatic N) is 1. The minimum Gasteiger partial charge on any atom is -0.384 e. The first-order valence-corrected chi connectivity index (χ1v) is 6.09.